The van der Waals surface area contributed by atoms with E-state index in [2.05, 4.69) is 55.4 Å². The topological polar surface area (TPSA) is 50.2 Å². The highest BCUT2D eigenvalue weighted by Gasteiger charge is 2.45. The fourth-order valence-electron chi connectivity index (χ4n) is 6.22. The van der Waals surface area contributed by atoms with E-state index in [9.17, 15) is 4.79 Å². The monoisotopic (exact) mass is 468 g/mol. The van der Waals surface area contributed by atoms with E-state index >= 15 is 0 Å². The first kappa shape index (κ1) is 22.9. The second-order valence-corrected chi connectivity index (χ2v) is 12.0. The highest BCUT2D eigenvalue weighted by molar-refractivity contribution is 6.30. The van der Waals surface area contributed by atoms with E-state index in [0.717, 1.165) is 35.8 Å². The van der Waals surface area contributed by atoms with Gasteiger partial charge in [0.05, 0.1) is 17.3 Å². The summed E-state index contributed by atoms with van der Waals surface area (Å²) in [4.78, 5) is 15.8. The number of nitrogens with zero attached hydrogens (tertiary/aromatic N) is 3. The summed E-state index contributed by atoms with van der Waals surface area (Å²) in [6.07, 6.45) is 10.6. The molecular weight excluding hydrogens is 432 g/mol. The van der Waals surface area contributed by atoms with Crippen molar-refractivity contribution in [1.29, 1.82) is 0 Å². The minimum absolute atomic E-state index is 0.0470. The van der Waals surface area contributed by atoms with Crippen molar-refractivity contribution in [3.8, 4) is 0 Å². The van der Waals surface area contributed by atoms with Crippen molar-refractivity contribution in [2.24, 2.45) is 5.41 Å². The van der Waals surface area contributed by atoms with Crippen LogP contribution in [0.1, 0.15) is 88.9 Å². The van der Waals surface area contributed by atoms with Crippen molar-refractivity contribution in [3.63, 3.8) is 0 Å². The first-order valence-electron chi connectivity index (χ1n) is 12.6. The average molecular weight is 469 g/mol. The van der Waals surface area contributed by atoms with E-state index in [1.54, 1.807) is 0 Å². The Morgan fingerprint density at radius 1 is 1.09 bits per heavy atom. The normalized spacial score (nSPS) is 27.4. The van der Waals surface area contributed by atoms with Gasteiger partial charge in [0.2, 0.25) is 5.91 Å². The van der Waals surface area contributed by atoms with Gasteiger partial charge < -0.3 is 4.90 Å². The van der Waals surface area contributed by atoms with Crippen molar-refractivity contribution in [2.75, 3.05) is 13.1 Å². The minimum atomic E-state index is -0.172. The van der Waals surface area contributed by atoms with E-state index in [4.69, 9.17) is 16.7 Å². The fourth-order valence-corrected chi connectivity index (χ4v) is 6.34. The molecule has 1 spiro atoms. The molecule has 1 aromatic carbocycles. The molecule has 3 atom stereocenters. The minimum Gasteiger partial charge on any atom is -0.341 e. The van der Waals surface area contributed by atoms with Crippen LogP contribution in [-0.4, -0.2) is 39.7 Å². The maximum atomic E-state index is 13.7. The maximum Gasteiger partial charge on any atom is 0.239 e. The van der Waals surface area contributed by atoms with Gasteiger partial charge in [-0.3, -0.25) is 14.8 Å². The summed E-state index contributed by atoms with van der Waals surface area (Å²) in [5, 5.41) is 9.38. The predicted molar refractivity (Wildman–Crippen MR) is 132 cm³/mol. The zero-order chi connectivity index (χ0) is 23.2. The van der Waals surface area contributed by atoms with Gasteiger partial charge >= 0.3 is 0 Å². The van der Waals surface area contributed by atoms with Gasteiger partial charge in [-0.15, -0.1) is 0 Å². The molecular formula is C27H37ClN4O. The number of amides is 1. The van der Waals surface area contributed by atoms with Crippen LogP contribution in [0, 0.1) is 5.41 Å². The first-order chi connectivity index (χ1) is 15.7. The Labute approximate surface area is 202 Å². The molecule has 1 aliphatic carbocycles. The Balaban J connectivity index is 1.38. The Bertz CT molecular complexity index is 986. The highest BCUT2D eigenvalue weighted by atomic mass is 35.5. The Kier molecular flexibility index (Phi) is 6.07. The molecule has 3 aliphatic rings. The van der Waals surface area contributed by atoms with E-state index < -0.39 is 0 Å². The Morgan fingerprint density at radius 3 is 2.48 bits per heavy atom. The molecule has 6 heteroatoms. The Morgan fingerprint density at radius 2 is 1.82 bits per heavy atom. The van der Waals surface area contributed by atoms with Crippen molar-refractivity contribution in [1.82, 2.24) is 20.0 Å². The molecule has 0 bridgehead atoms. The lowest BCUT2D eigenvalue weighted by Gasteiger charge is -2.33. The second kappa shape index (κ2) is 8.74. The van der Waals surface area contributed by atoms with Crippen LogP contribution in [0.4, 0.5) is 0 Å². The molecule has 2 aromatic rings. The number of likely N-dealkylation sites (tertiary alicyclic amines) is 1. The number of rotatable bonds is 3. The average Bonchev–Trinajstić information content (AvgIpc) is 3.52. The van der Waals surface area contributed by atoms with Crippen LogP contribution >= 0.6 is 11.6 Å². The number of hydrogen-bond acceptors (Lipinski definition) is 3. The standard InChI is InChI=1S/C27H37ClN4O/c1-26(2,3)32-15-11-22(30-32)21-17-23(29-24(21)19-7-9-20(28)10-8-19)25(33)31-16-14-27(18-31)12-5-4-6-13-27/h7-11,15,21,23-24,29H,4-6,12-14,16-18H2,1-3H3/t21-,23-,24-/m0/s1. The fraction of sp³-hybridized carbons (Fsp3) is 0.630. The molecule has 178 valence electrons. The summed E-state index contributed by atoms with van der Waals surface area (Å²) in [6.45, 7) is 8.33. The zero-order valence-electron chi connectivity index (χ0n) is 20.2. The highest BCUT2D eigenvalue weighted by Crippen LogP contribution is 2.45. The lowest BCUT2D eigenvalue weighted by atomic mass is 9.73. The van der Waals surface area contributed by atoms with Crippen LogP contribution in [0.5, 0.6) is 0 Å². The quantitative estimate of drug-likeness (QED) is 0.632. The van der Waals surface area contributed by atoms with Crippen LogP contribution in [-0.2, 0) is 10.3 Å². The smallest absolute Gasteiger partial charge is 0.239 e. The van der Waals surface area contributed by atoms with Gasteiger partial charge in [-0.2, -0.15) is 5.10 Å². The summed E-state index contributed by atoms with van der Waals surface area (Å²) >= 11 is 6.16. The molecule has 0 radical (unpaired) electrons. The summed E-state index contributed by atoms with van der Waals surface area (Å²) in [7, 11) is 0. The number of benzene rings is 1. The van der Waals surface area contributed by atoms with Gasteiger partial charge in [-0.05, 0) is 75.6 Å². The molecule has 1 saturated carbocycles. The van der Waals surface area contributed by atoms with Crippen LogP contribution in [0.3, 0.4) is 0 Å². The zero-order valence-corrected chi connectivity index (χ0v) is 20.9. The van der Waals surface area contributed by atoms with Crippen LogP contribution in [0.2, 0.25) is 5.02 Å². The van der Waals surface area contributed by atoms with E-state index in [1.807, 2.05) is 16.8 Å². The van der Waals surface area contributed by atoms with Crippen LogP contribution < -0.4 is 5.32 Å². The van der Waals surface area contributed by atoms with Crippen LogP contribution in [0.25, 0.3) is 0 Å². The molecule has 5 nitrogen and oxygen atoms in total. The largest absolute Gasteiger partial charge is 0.341 e. The van der Waals surface area contributed by atoms with Crippen molar-refractivity contribution >= 4 is 17.5 Å². The first-order valence-corrected chi connectivity index (χ1v) is 13.0. The summed E-state index contributed by atoms with van der Waals surface area (Å²) < 4.78 is 2.03. The molecule has 3 heterocycles. The molecule has 0 unspecified atom stereocenters. The third-order valence-corrected chi connectivity index (χ3v) is 8.39. The van der Waals surface area contributed by atoms with Gasteiger partial charge in [0.1, 0.15) is 0 Å². The predicted octanol–water partition coefficient (Wildman–Crippen LogP) is 5.66. The molecule has 2 aliphatic heterocycles. The number of carbonyl (C=O) groups is 1. The van der Waals surface area contributed by atoms with Crippen molar-refractivity contribution in [3.05, 3.63) is 52.8 Å². The van der Waals surface area contributed by atoms with E-state index in [0.29, 0.717) is 5.41 Å². The van der Waals surface area contributed by atoms with Crippen molar-refractivity contribution < 1.29 is 4.79 Å². The van der Waals surface area contributed by atoms with Gasteiger partial charge in [0, 0.05) is 36.3 Å². The molecule has 1 aromatic heterocycles. The third kappa shape index (κ3) is 4.59. The summed E-state index contributed by atoms with van der Waals surface area (Å²) in [5.74, 6) is 0.420. The molecule has 2 saturated heterocycles. The summed E-state index contributed by atoms with van der Waals surface area (Å²) in [6, 6.07) is 10.0. The third-order valence-electron chi connectivity index (χ3n) is 8.14. The number of nitrogens with one attached hydrogen (secondary N) is 1. The lowest BCUT2D eigenvalue weighted by Crippen LogP contribution is -2.44. The van der Waals surface area contributed by atoms with Gasteiger partial charge in [0.25, 0.3) is 0 Å². The molecule has 5 rings (SSSR count). The second-order valence-electron chi connectivity index (χ2n) is 11.5. The lowest BCUT2D eigenvalue weighted by molar-refractivity contribution is -0.132. The number of hydrogen-bond donors (Lipinski definition) is 1. The molecule has 1 N–H and O–H groups in total. The molecule has 33 heavy (non-hydrogen) atoms. The number of aromatic nitrogens is 2. The Hall–Kier alpha value is -1.85. The maximum absolute atomic E-state index is 13.7. The molecule has 1 amide bonds. The van der Waals surface area contributed by atoms with Gasteiger partial charge in [-0.25, -0.2) is 0 Å². The van der Waals surface area contributed by atoms with Gasteiger partial charge in [0.15, 0.2) is 0 Å². The SMILES string of the molecule is CC(C)(C)n1ccc([C@@H]2C[C@@H](C(=O)N3CCC4(CCCCC4)C3)N[C@H]2c2ccc(Cl)cc2)n1. The van der Waals surface area contributed by atoms with E-state index in [1.165, 1.54) is 38.5 Å². The van der Waals surface area contributed by atoms with Crippen molar-refractivity contribution in [2.45, 2.75) is 89.3 Å². The number of halogens is 1. The van der Waals surface area contributed by atoms with Crippen LogP contribution in [0.15, 0.2) is 36.5 Å². The number of carbonyl (C=O) groups excluding carboxylic acids is 1. The summed E-state index contributed by atoms with van der Waals surface area (Å²) in [5.41, 5.74) is 2.53. The van der Waals surface area contributed by atoms with E-state index in [-0.39, 0.29) is 29.4 Å². The van der Waals surface area contributed by atoms with Gasteiger partial charge in [-0.1, -0.05) is 43.0 Å². The molecule has 3 fully saturated rings.